The minimum absolute atomic E-state index is 0.261. The molecule has 0 bridgehead atoms. The second-order valence-corrected chi connectivity index (χ2v) is 9.27. The van der Waals surface area contributed by atoms with Crippen molar-refractivity contribution in [3.8, 4) is 11.5 Å². The van der Waals surface area contributed by atoms with E-state index >= 15 is 0 Å². The number of hydrogen-bond donors (Lipinski definition) is 1. The van der Waals surface area contributed by atoms with Crippen LogP contribution in [0.2, 0.25) is 0 Å². The molecule has 0 unspecified atom stereocenters. The third kappa shape index (κ3) is 4.17. The number of nitrogen functional groups attached to an aromatic ring is 1. The smallest absolute Gasteiger partial charge is 0.228 e. The topological polar surface area (TPSA) is 93.8 Å². The molecular weight excluding hydrogens is 486 g/mol. The van der Waals surface area contributed by atoms with Crippen LogP contribution in [0.25, 0.3) is 10.9 Å². The van der Waals surface area contributed by atoms with Gasteiger partial charge in [0, 0.05) is 48.0 Å². The number of methoxy groups -OCH3 is 2. The van der Waals surface area contributed by atoms with E-state index in [-0.39, 0.29) is 5.92 Å². The van der Waals surface area contributed by atoms with E-state index in [0.29, 0.717) is 60.9 Å². The normalized spacial score (nSPS) is 16.2. The quantitative estimate of drug-likeness (QED) is 0.448. The molecule has 2 heterocycles. The van der Waals surface area contributed by atoms with Crippen LogP contribution in [-0.4, -0.2) is 61.2 Å². The van der Waals surface area contributed by atoms with Gasteiger partial charge in [-0.15, -0.1) is 0 Å². The summed E-state index contributed by atoms with van der Waals surface area (Å²) in [6.45, 7) is 2.80. The zero-order valence-electron chi connectivity index (χ0n) is 18.7. The van der Waals surface area contributed by atoms with Gasteiger partial charge in [0.2, 0.25) is 11.9 Å². The Hall–Kier alpha value is -3.07. The molecule has 6 rings (SSSR count). The van der Waals surface area contributed by atoms with Crippen LogP contribution in [0.5, 0.6) is 11.5 Å². The number of benzene rings is 2. The van der Waals surface area contributed by atoms with Crippen LogP contribution in [0.15, 0.2) is 34.8 Å². The second kappa shape index (κ2) is 8.70. The highest BCUT2D eigenvalue weighted by atomic mass is 79.9. The van der Waals surface area contributed by atoms with Crippen LogP contribution >= 0.6 is 15.9 Å². The fourth-order valence-corrected chi connectivity index (χ4v) is 4.67. The molecule has 2 fully saturated rings. The molecule has 1 saturated carbocycles. The summed E-state index contributed by atoms with van der Waals surface area (Å²) in [5, 5.41) is 3.51. The fraction of sp³-hybridized carbons (Fsp3) is 0.375. The molecule has 8 nitrogen and oxygen atoms in total. The van der Waals surface area contributed by atoms with Crippen LogP contribution < -0.4 is 20.1 Å². The molecule has 1 aromatic heterocycles. The average Bonchev–Trinajstić information content (AvgIpc) is 3.67. The minimum Gasteiger partial charge on any atom is -0.493 e. The number of piperazine rings is 1. The van der Waals surface area contributed by atoms with Crippen molar-refractivity contribution in [2.75, 3.05) is 51.0 Å². The van der Waals surface area contributed by atoms with Crippen LogP contribution in [0.3, 0.4) is 0 Å². The van der Waals surface area contributed by atoms with Gasteiger partial charge in [0.15, 0.2) is 11.5 Å². The van der Waals surface area contributed by atoms with Crippen molar-refractivity contribution in [3.63, 3.8) is 0 Å². The van der Waals surface area contributed by atoms with Crippen molar-refractivity contribution in [2.45, 2.75) is 12.8 Å². The molecule has 9 heteroatoms. The summed E-state index contributed by atoms with van der Waals surface area (Å²) in [5.41, 5.74) is 6.87. The first-order chi connectivity index (χ1) is 16.0. The van der Waals surface area contributed by atoms with Gasteiger partial charge in [-0.1, -0.05) is 28.1 Å². The number of amides is 1. The van der Waals surface area contributed by atoms with Crippen molar-refractivity contribution in [3.05, 3.63) is 45.2 Å². The lowest BCUT2D eigenvalue weighted by Crippen LogP contribution is -2.49. The predicted molar refractivity (Wildman–Crippen MR) is 130 cm³/mol. The third-order valence-electron chi connectivity index (χ3n) is 6.30. The highest BCUT2D eigenvalue weighted by Crippen LogP contribution is 2.34. The number of rotatable bonds is 4. The van der Waals surface area contributed by atoms with Gasteiger partial charge in [-0.2, -0.15) is 4.98 Å². The highest BCUT2D eigenvalue weighted by Gasteiger charge is 2.35. The molecule has 2 N–H and O–H groups in total. The summed E-state index contributed by atoms with van der Waals surface area (Å²) in [7, 11) is 3.17. The molecule has 1 saturated heterocycles. The number of nitrogens with two attached hydrogens (primary N) is 1. The Morgan fingerprint density at radius 2 is 1.73 bits per heavy atom. The van der Waals surface area contributed by atoms with Gasteiger partial charge in [-0.25, -0.2) is 4.98 Å². The molecule has 0 spiro atoms. The number of halogens is 1. The predicted octanol–water partition coefficient (Wildman–Crippen LogP) is 3.34. The zero-order valence-corrected chi connectivity index (χ0v) is 20.3. The van der Waals surface area contributed by atoms with E-state index < -0.39 is 0 Å². The Bertz CT molecular complexity index is 1320. The Labute approximate surface area is 200 Å². The van der Waals surface area contributed by atoms with Gasteiger partial charge in [-0.05, 0) is 35.4 Å². The molecule has 1 aromatic carbocycles. The van der Waals surface area contributed by atoms with Crippen molar-refractivity contribution < 1.29 is 14.3 Å². The number of fused-ring (bicyclic) bond motifs is 1. The first-order valence-electron chi connectivity index (χ1n) is 11.0. The molecule has 0 atom stereocenters. The molecule has 0 radical (unpaired) electrons. The van der Waals surface area contributed by atoms with Crippen molar-refractivity contribution in [1.29, 1.82) is 0 Å². The fourth-order valence-electron chi connectivity index (χ4n) is 4.07. The van der Waals surface area contributed by atoms with Gasteiger partial charge in [0.1, 0.15) is 5.82 Å². The molecule has 33 heavy (non-hydrogen) atoms. The maximum atomic E-state index is 12.2. The van der Waals surface area contributed by atoms with Crippen molar-refractivity contribution >= 4 is 44.5 Å². The Morgan fingerprint density at radius 3 is 2.21 bits per heavy atom. The zero-order chi connectivity index (χ0) is 23.1. The van der Waals surface area contributed by atoms with E-state index in [1.807, 2.05) is 11.0 Å². The lowest BCUT2D eigenvalue weighted by Gasteiger charge is -2.35. The Morgan fingerprint density at radius 1 is 1.03 bits per heavy atom. The monoisotopic (exact) mass is 511 g/mol. The average molecular weight is 512 g/mol. The Balaban J connectivity index is 0.000000274. The number of anilines is 2. The molecule has 2 aromatic rings. The maximum absolute atomic E-state index is 12.2. The summed E-state index contributed by atoms with van der Waals surface area (Å²) >= 11 is 3.37. The summed E-state index contributed by atoms with van der Waals surface area (Å²) in [5.74, 6) is 2.74. The number of carbonyl (C=O) groups is 1. The standard InChI is InChI=1S/C18H23N5O3.C6H3Br/c1-25-14-9-12-13(10-15(14)26-2)20-18(21-16(12)19)23-7-5-22(6-8-23)17(24)11-3-4-11;7-6-3-4-1-2-5(4)6/h9-11H,3-8H2,1-2H3,(H2,19,20,21);1-3H. The number of nitrogens with zero attached hydrogens (tertiary/aromatic N) is 4. The summed E-state index contributed by atoms with van der Waals surface area (Å²) < 4.78 is 11.9. The lowest BCUT2D eigenvalue weighted by molar-refractivity contribution is -0.132. The minimum atomic E-state index is 0.261. The van der Waals surface area contributed by atoms with Crippen LogP contribution in [-0.2, 0) is 4.79 Å². The molecular formula is C24H26BrN5O3. The van der Waals surface area contributed by atoms with E-state index in [9.17, 15) is 4.79 Å². The number of carbonyl (C=O) groups excluding carboxylic acids is 1. The van der Waals surface area contributed by atoms with Crippen LogP contribution in [0.1, 0.15) is 12.8 Å². The number of aromatic nitrogens is 2. The molecule has 4 aliphatic rings. The van der Waals surface area contributed by atoms with Crippen LogP contribution in [0, 0.1) is 16.4 Å². The molecule has 172 valence electrons. The highest BCUT2D eigenvalue weighted by molar-refractivity contribution is 9.10. The molecule has 1 aliphatic heterocycles. The van der Waals surface area contributed by atoms with Crippen molar-refractivity contribution in [2.24, 2.45) is 5.92 Å². The number of hydrogen-bond acceptors (Lipinski definition) is 7. The van der Waals surface area contributed by atoms with Crippen LogP contribution in [0.4, 0.5) is 11.8 Å². The van der Waals surface area contributed by atoms with E-state index in [1.54, 1.807) is 20.3 Å². The van der Waals surface area contributed by atoms with Gasteiger partial charge < -0.3 is 25.0 Å². The summed E-state index contributed by atoms with van der Waals surface area (Å²) in [6, 6.07) is 9.94. The maximum Gasteiger partial charge on any atom is 0.228 e. The van der Waals surface area contributed by atoms with Crippen molar-refractivity contribution in [1.82, 2.24) is 14.9 Å². The summed E-state index contributed by atoms with van der Waals surface area (Å²) in [6.07, 6.45) is 2.07. The lowest BCUT2D eigenvalue weighted by atomic mass is 10.1. The largest absolute Gasteiger partial charge is 0.493 e. The number of ether oxygens (including phenoxy) is 2. The van der Waals surface area contributed by atoms with E-state index in [0.717, 1.165) is 18.2 Å². The SMILES string of the molecule is Brc1cc2ccc1=2.COc1cc2nc(N3CCN(C(=O)C4CC4)CC3)nc(N)c2cc1OC. The summed E-state index contributed by atoms with van der Waals surface area (Å²) in [4.78, 5) is 25.3. The first kappa shape index (κ1) is 21.8. The van der Waals surface area contributed by atoms with E-state index in [2.05, 4.69) is 49.0 Å². The van der Waals surface area contributed by atoms with E-state index in [1.165, 1.54) is 14.9 Å². The third-order valence-corrected chi connectivity index (χ3v) is 6.96. The van der Waals surface area contributed by atoms with E-state index in [4.69, 9.17) is 15.2 Å². The Kier molecular flexibility index (Phi) is 5.74. The van der Waals surface area contributed by atoms with Gasteiger partial charge in [0.25, 0.3) is 0 Å². The molecule has 3 aliphatic carbocycles. The second-order valence-electron chi connectivity index (χ2n) is 8.41. The van der Waals surface area contributed by atoms with Gasteiger partial charge in [-0.3, -0.25) is 4.79 Å². The first-order valence-corrected chi connectivity index (χ1v) is 11.8. The van der Waals surface area contributed by atoms with Gasteiger partial charge in [0.05, 0.1) is 19.7 Å². The van der Waals surface area contributed by atoms with Gasteiger partial charge >= 0.3 is 0 Å². The molecule has 1 amide bonds.